The van der Waals surface area contributed by atoms with E-state index in [1.165, 1.54) is 0 Å². The van der Waals surface area contributed by atoms with Crippen molar-refractivity contribution in [3.8, 4) is 0 Å². The number of aromatic nitrogens is 4. The second-order valence-corrected chi connectivity index (χ2v) is 6.34. The van der Waals surface area contributed by atoms with Gasteiger partial charge in [-0.05, 0) is 6.92 Å². The molecule has 0 saturated carbocycles. The Hall–Kier alpha value is -2.22. The number of ether oxygens (including phenoxy) is 1. The SMILES string of the molecule is Cc1cnc(C2CN(C(=O)CCc3nnc(C(C)C)o3)CCO2)[nH]1. The molecule has 24 heavy (non-hydrogen) atoms. The van der Waals surface area contributed by atoms with Crippen molar-refractivity contribution in [1.29, 1.82) is 0 Å². The molecule has 2 aromatic heterocycles. The van der Waals surface area contributed by atoms with E-state index in [0.717, 1.165) is 11.5 Å². The zero-order valence-corrected chi connectivity index (χ0v) is 14.3. The quantitative estimate of drug-likeness (QED) is 0.895. The molecule has 1 N–H and O–H groups in total. The molecule has 1 aliphatic rings. The Labute approximate surface area is 140 Å². The van der Waals surface area contributed by atoms with Gasteiger partial charge in [0.05, 0.1) is 13.2 Å². The van der Waals surface area contributed by atoms with Crippen molar-refractivity contribution in [3.63, 3.8) is 0 Å². The minimum Gasteiger partial charge on any atom is -0.425 e. The largest absolute Gasteiger partial charge is 0.425 e. The number of hydrogen-bond acceptors (Lipinski definition) is 6. The lowest BCUT2D eigenvalue weighted by Crippen LogP contribution is -2.42. The van der Waals surface area contributed by atoms with Gasteiger partial charge in [-0.3, -0.25) is 4.79 Å². The van der Waals surface area contributed by atoms with Crippen LogP contribution in [0.3, 0.4) is 0 Å². The third-order valence-electron chi connectivity index (χ3n) is 3.98. The average molecular weight is 333 g/mol. The van der Waals surface area contributed by atoms with Crippen LogP contribution >= 0.6 is 0 Å². The highest BCUT2D eigenvalue weighted by Gasteiger charge is 2.27. The second-order valence-electron chi connectivity index (χ2n) is 6.34. The number of aromatic amines is 1. The molecule has 8 nitrogen and oxygen atoms in total. The summed E-state index contributed by atoms with van der Waals surface area (Å²) in [6.07, 6.45) is 2.37. The zero-order chi connectivity index (χ0) is 17.1. The summed E-state index contributed by atoms with van der Waals surface area (Å²) in [7, 11) is 0. The van der Waals surface area contributed by atoms with Gasteiger partial charge in [-0.15, -0.1) is 10.2 Å². The standard InChI is InChI=1S/C16H23N5O3/c1-10(2)16-20-19-13(24-16)4-5-14(22)21-6-7-23-12(9-21)15-17-8-11(3)18-15/h8,10,12H,4-7,9H2,1-3H3,(H,17,18). The highest BCUT2D eigenvalue weighted by Crippen LogP contribution is 2.20. The smallest absolute Gasteiger partial charge is 0.223 e. The molecule has 130 valence electrons. The third kappa shape index (κ3) is 3.81. The number of carbonyl (C=O) groups is 1. The van der Waals surface area contributed by atoms with E-state index in [1.807, 2.05) is 25.7 Å². The van der Waals surface area contributed by atoms with Gasteiger partial charge in [0.25, 0.3) is 0 Å². The van der Waals surface area contributed by atoms with Crippen molar-refractivity contribution in [2.24, 2.45) is 0 Å². The number of H-pyrrole nitrogens is 1. The summed E-state index contributed by atoms with van der Waals surface area (Å²) in [4.78, 5) is 21.7. The molecule has 3 rings (SSSR count). The lowest BCUT2D eigenvalue weighted by atomic mass is 10.2. The van der Waals surface area contributed by atoms with Crippen LogP contribution in [-0.2, 0) is 16.0 Å². The molecule has 1 unspecified atom stereocenters. The van der Waals surface area contributed by atoms with E-state index in [4.69, 9.17) is 9.15 Å². The Bertz CT molecular complexity index is 693. The van der Waals surface area contributed by atoms with Crippen LogP contribution in [0, 0.1) is 6.92 Å². The molecule has 1 aliphatic heterocycles. The monoisotopic (exact) mass is 333 g/mol. The first-order valence-corrected chi connectivity index (χ1v) is 8.26. The van der Waals surface area contributed by atoms with E-state index in [9.17, 15) is 4.79 Å². The number of hydrogen-bond donors (Lipinski definition) is 1. The number of morpholine rings is 1. The first kappa shape index (κ1) is 16.6. The van der Waals surface area contributed by atoms with E-state index >= 15 is 0 Å². The minimum absolute atomic E-state index is 0.0656. The summed E-state index contributed by atoms with van der Waals surface area (Å²) >= 11 is 0. The van der Waals surface area contributed by atoms with E-state index < -0.39 is 0 Å². The van der Waals surface area contributed by atoms with Crippen molar-refractivity contribution < 1.29 is 13.9 Å². The molecule has 1 atom stereocenters. The van der Waals surface area contributed by atoms with Crippen LogP contribution in [0.1, 0.15) is 55.6 Å². The van der Waals surface area contributed by atoms with Gasteiger partial charge in [0.1, 0.15) is 11.9 Å². The van der Waals surface area contributed by atoms with Crippen molar-refractivity contribution in [3.05, 3.63) is 29.5 Å². The zero-order valence-electron chi connectivity index (χ0n) is 14.3. The highest BCUT2D eigenvalue weighted by molar-refractivity contribution is 5.76. The lowest BCUT2D eigenvalue weighted by molar-refractivity contribution is -0.139. The Morgan fingerprint density at radius 3 is 2.96 bits per heavy atom. The highest BCUT2D eigenvalue weighted by atomic mass is 16.5. The van der Waals surface area contributed by atoms with Crippen molar-refractivity contribution in [1.82, 2.24) is 25.1 Å². The fourth-order valence-corrected chi connectivity index (χ4v) is 2.61. The normalized spacial score (nSPS) is 18.3. The summed E-state index contributed by atoms with van der Waals surface area (Å²) in [5.74, 6) is 2.15. The molecule has 0 aromatic carbocycles. The second kappa shape index (κ2) is 7.12. The predicted octanol–water partition coefficient (Wildman–Crippen LogP) is 1.76. The molecule has 1 amide bonds. The van der Waals surface area contributed by atoms with Gasteiger partial charge in [-0.1, -0.05) is 13.8 Å². The van der Waals surface area contributed by atoms with Gasteiger partial charge >= 0.3 is 0 Å². The number of amides is 1. The van der Waals surface area contributed by atoms with Crippen LogP contribution in [0.4, 0.5) is 0 Å². The van der Waals surface area contributed by atoms with Crippen LogP contribution in [0.25, 0.3) is 0 Å². The molecule has 0 aliphatic carbocycles. The number of rotatable bonds is 5. The van der Waals surface area contributed by atoms with Crippen LogP contribution in [0.5, 0.6) is 0 Å². The molecule has 0 spiro atoms. The van der Waals surface area contributed by atoms with Crippen LogP contribution in [0.2, 0.25) is 0 Å². The maximum atomic E-state index is 12.4. The molecule has 3 heterocycles. The van der Waals surface area contributed by atoms with Crippen LogP contribution in [0.15, 0.2) is 10.6 Å². The topological polar surface area (TPSA) is 97.1 Å². The summed E-state index contributed by atoms with van der Waals surface area (Å²) in [5, 5.41) is 7.98. The van der Waals surface area contributed by atoms with Gasteiger partial charge in [0.2, 0.25) is 17.7 Å². The Morgan fingerprint density at radius 1 is 1.46 bits per heavy atom. The Kier molecular flexibility index (Phi) is 4.94. The predicted molar refractivity (Wildman–Crippen MR) is 85.3 cm³/mol. The molecule has 1 saturated heterocycles. The first-order valence-electron chi connectivity index (χ1n) is 8.26. The lowest BCUT2D eigenvalue weighted by Gasteiger charge is -2.32. The fraction of sp³-hybridized carbons (Fsp3) is 0.625. The van der Waals surface area contributed by atoms with E-state index in [-0.39, 0.29) is 17.9 Å². The van der Waals surface area contributed by atoms with E-state index in [0.29, 0.717) is 44.3 Å². The molecular formula is C16H23N5O3. The molecule has 1 fully saturated rings. The number of carbonyl (C=O) groups excluding carboxylic acids is 1. The van der Waals surface area contributed by atoms with E-state index in [2.05, 4.69) is 20.2 Å². The van der Waals surface area contributed by atoms with Gasteiger partial charge < -0.3 is 19.0 Å². The van der Waals surface area contributed by atoms with Crippen LogP contribution < -0.4 is 0 Å². The maximum Gasteiger partial charge on any atom is 0.223 e. The summed E-state index contributed by atoms with van der Waals surface area (Å²) in [5.41, 5.74) is 0.981. The number of aryl methyl sites for hydroxylation is 2. The van der Waals surface area contributed by atoms with E-state index in [1.54, 1.807) is 6.20 Å². The van der Waals surface area contributed by atoms with Crippen molar-refractivity contribution in [2.75, 3.05) is 19.7 Å². The van der Waals surface area contributed by atoms with Crippen molar-refractivity contribution >= 4 is 5.91 Å². The summed E-state index contributed by atoms with van der Waals surface area (Å²) in [6.45, 7) is 7.54. The summed E-state index contributed by atoms with van der Waals surface area (Å²) in [6, 6.07) is 0. The fourth-order valence-electron chi connectivity index (χ4n) is 2.61. The Morgan fingerprint density at radius 2 is 2.29 bits per heavy atom. The van der Waals surface area contributed by atoms with Gasteiger partial charge in [-0.25, -0.2) is 4.98 Å². The number of nitrogens with one attached hydrogen (secondary N) is 1. The number of imidazole rings is 1. The molecule has 8 heteroatoms. The van der Waals surface area contributed by atoms with Crippen molar-refractivity contribution in [2.45, 2.75) is 45.6 Å². The van der Waals surface area contributed by atoms with Crippen LogP contribution in [-0.4, -0.2) is 50.7 Å². The molecular weight excluding hydrogens is 310 g/mol. The molecule has 2 aromatic rings. The third-order valence-corrected chi connectivity index (χ3v) is 3.98. The van der Waals surface area contributed by atoms with Gasteiger partial charge in [0, 0.05) is 37.2 Å². The Balaban J connectivity index is 1.54. The maximum absolute atomic E-state index is 12.4. The minimum atomic E-state index is -0.202. The molecule has 0 bridgehead atoms. The number of nitrogens with zero attached hydrogens (tertiary/aromatic N) is 4. The first-order chi connectivity index (χ1) is 11.5. The van der Waals surface area contributed by atoms with Gasteiger partial charge in [-0.2, -0.15) is 0 Å². The average Bonchev–Trinajstić information content (AvgIpc) is 3.22. The summed E-state index contributed by atoms with van der Waals surface area (Å²) < 4.78 is 11.3. The van der Waals surface area contributed by atoms with Gasteiger partial charge in [0.15, 0.2) is 0 Å². The molecule has 0 radical (unpaired) electrons.